The normalized spacial score (nSPS) is 14.2. The summed E-state index contributed by atoms with van der Waals surface area (Å²) in [5.74, 6) is -0.138. The van der Waals surface area contributed by atoms with E-state index in [1.807, 2.05) is 45.0 Å². The van der Waals surface area contributed by atoms with Crippen LogP contribution in [0.15, 0.2) is 59.0 Å². The Balaban J connectivity index is 0.00000105. The molecule has 0 radical (unpaired) electrons. The minimum atomic E-state index is -0.877. The van der Waals surface area contributed by atoms with Crippen molar-refractivity contribution in [2.45, 2.75) is 100 Å². The standard InChI is InChI=1S/C37H42FN3O4.C4H10O/c1-23-19-32(26(4)45-23)36(44)41(22-28-9-13-30(38)14-10-28)21-27-7-11-29(12-8-27)34-25(3)39-24(2)31(20-33(42)43)35(34)40-17-15-37(5,6)16-18-40;1-4(2,3)5/h7-14,19H,15-18,20-22H2,1-6H3,(H,42,43);5H,1-3H3. The third-order valence-corrected chi connectivity index (χ3v) is 8.88. The molecule has 5 rings (SSSR count). The number of carboxylic acids is 1. The Labute approximate surface area is 296 Å². The van der Waals surface area contributed by atoms with E-state index in [-0.39, 0.29) is 23.6 Å². The van der Waals surface area contributed by atoms with Crippen molar-refractivity contribution in [1.29, 1.82) is 0 Å². The monoisotopic (exact) mass is 685 g/mol. The van der Waals surface area contributed by atoms with Crippen LogP contribution in [0.4, 0.5) is 10.1 Å². The van der Waals surface area contributed by atoms with E-state index >= 15 is 0 Å². The van der Waals surface area contributed by atoms with Crippen molar-refractivity contribution in [1.82, 2.24) is 9.88 Å². The van der Waals surface area contributed by atoms with Crippen molar-refractivity contribution in [3.05, 3.63) is 106 Å². The highest BCUT2D eigenvalue weighted by molar-refractivity contribution is 5.95. The Morgan fingerprint density at radius 2 is 1.44 bits per heavy atom. The van der Waals surface area contributed by atoms with Crippen LogP contribution in [-0.4, -0.2) is 50.7 Å². The largest absolute Gasteiger partial charge is 0.481 e. The van der Waals surface area contributed by atoms with Crippen LogP contribution >= 0.6 is 0 Å². The Morgan fingerprint density at radius 3 is 1.92 bits per heavy atom. The van der Waals surface area contributed by atoms with Gasteiger partial charge in [0.1, 0.15) is 17.3 Å². The van der Waals surface area contributed by atoms with Gasteiger partial charge in [0, 0.05) is 48.7 Å². The lowest BCUT2D eigenvalue weighted by Gasteiger charge is -2.40. The molecule has 268 valence electrons. The number of aryl methyl sites for hydroxylation is 4. The fourth-order valence-corrected chi connectivity index (χ4v) is 6.28. The highest BCUT2D eigenvalue weighted by atomic mass is 19.1. The van der Waals surface area contributed by atoms with Gasteiger partial charge in [0.2, 0.25) is 0 Å². The zero-order valence-electron chi connectivity index (χ0n) is 31.0. The molecular formula is C41H52FN3O5. The second-order valence-corrected chi connectivity index (χ2v) is 15.2. The van der Waals surface area contributed by atoms with Crippen LogP contribution in [0.2, 0.25) is 0 Å². The first-order valence-electron chi connectivity index (χ1n) is 17.2. The predicted molar refractivity (Wildman–Crippen MR) is 196 cm³/mol. The number of pyridine rings is 1. The van der Waals surface area contributed by atoms with E-state index in [4.69, 9.17) is 14.5 Å². The van der Waals surface area contributed by atoms with Crippen molar-refractivity contribution in [3.63, 3.8) is 0 Å². The van der Waals surface area contributed by atoms with E-state index in [0.29, 0.717) is 30.2 Å². The third kappa shape index (κ3) is 10.3. The number of aliphatic carboxylic acids is 1. The van der Waals surface area contributed by atoms with Crippen molar-refractivity contribution in [2.75, 3.05) is 18.0 Å². The van der Waals surface area contributed by atoms with E-state index in [9.17, 15) is 19.1 Å². The number of nitrogens with zero attached hydrogens (tertiary/aromatic N) is 3. The van der Waals surface area contributed by atoms with Crippen LogP contribution in [0.25, 0.3) is 11.1 Å². The molecule has 2 aromatic heterocycles. The lowest BCUT2D eigenvalue weighted by atomic mass is 9.82. The molecule has 4 aromatic rings. The molecule has 0 unspecified atom stereocenters. The van der Waals surface area contributed by atoms with Gasteiger partial charge in [-0.1, -0.05) is 50.2 Å². The Bertz CT molecular complexity index is 1790. The average Bonchev–Trinajstić information content (AvgIpc) is 3.35. The maximum Gasteiger partial charge on any atom is 0.307 e. The highest BCUT2D eigenvalue weighted by Crippen LogP contribution is 2.41. The van der Waals surface area contributed by atoms with Gasteiger partial charge in [0.25, 0.3) is 5.91 Å². The number of carboxylic acid groups (broad SMARTS) is 1. The second kappa shape index (κ2) is 15.6. The van der Waals surface area contributed by atoms with Gasteiger partial charge >= 0.3 is 5.97 Å². The smallest absolute Gasteiger partial charge is 0.307 e. The van der Waals surface area contributed by atoms with Crippen LogP contribution in [0.1, 0.15) is 97.4 Å². The van der Waals surface area contributed by atoms with Gasteiger partial charge in [-0.25, -0.2) is 4.39 Å². The van der Waals surface area contributed by atoms with E-state index in [2.05, 4.69) is 18.7 Å². The van der Waals surface area contributed by atoms with Crippen LogP contribution < -0.4 is 4.90 Å². The van der Waals surface area contributed by atoms with Crippen molar-refractivity contribution in [3.8, 4) is 11.1 Å². The number of aliphatic hydroxyl groups is 1. The SMILES string of the molecule is CC(C)(C)O.Cc1cc(C(=O)N(Cc2ccc(F)cc2)Cc2ccc(-c3c(C)nc(C)c(CC(=O)O)c3N3CCC(C)(C)CC3)cc2)c(C)o1. The number of hydrogen-bond acceptors (Lipinski definition) is 6. The summed E-state index contributed by atoms with van der Waals surface area (Å²) in [7, 11) is 0. The number of furan rings is 1. The topological polar surface area (TPSA) is 107 Å². The molecule has 1 aliphatic rings. The molecule has 2 N–H and O–H groups in total. The molecule has 8 nitrogen and oxygen atoms in total. The number of amides is 1. The number of halogens is 1. The molecule has 50 heavy (non-hydrogen) atoms. The van der Waals surface area contributed by atoms with E-state index < -0.39 is 11.6 Å². The fourth-order valence-electron chi connectivity index (χ4n) is 6.28. The third-order valence-electron chi connectivity index (χ3n) is 8.88. The van der Waals surface area contributed by atoms with Gasteiger partial charge in [-0.2, -0.15) is 0 Å². The maximum atomic E-state index is 13.7. The first-order valence-corrected chi connectivity index (χ1v) is 17.2. The van der Waals surface area contributed by atoms with Gasteiger partial charge in [-0.3, -0.25) is 14.6 Å². The van der Waals surface area contributed by atoms with Crippen LogP contribution in [0.3, 0.4) is 0 Å². The number of anilines is 1. The average molecular weight is 686 g/mol. The molecule has 1 saturated heterocycles. The Kier molecular flexibility index (Phi) is 11.9. The molecule has 1 aliphatic heterocycles. The van der Waals surface area contributed by atoms with Crippen LogP contribution in [0.5, 0.6) is 0 Å². The minimum Gasteiger partial charge on any atom is -0.481 e. The lowest BCUT2D eigenvalue weighted by molar-refractivity contribution is -0.136. The molecular weight excluding hydrogens is 633 g/mol. The Hall–Kier alpha value is -4.50. The molecule has 9 heteroatoms. The number of piperidine rings is 1. The molecule has 0 saturated carbocycles. The van der Waals surface area contributed by atoms with Gasteiger partial charge in [-0.15, -0.1) is 0 Å². The summed E-state index contributed by atoms with van der Waals surface area (Å²) in [6.07, 6.45) is 1.95. The van der Waals surface area contributed by atoms with Gasteiger partial charge in [-0.05, 0) is 102 Å². The first-order chi connectivity index (χ1) is 23.3. The van der Waals surface area contributed by atoms with Gasteiger partial charge in [0.05, 0.1) is 23.3 Å². The molecule has 0 spiro atoms. The summed E-state index contributed by atoms with van der Waals surface area (Å²) >= 11 is 0. The number of carbonyl (C=O) groups excluding carboxylic acids is 1. The predicted octanol–water partition coefficient (Wildman–Crippen LogP) is 8.59. The zero-order valence-corrected chi connectivity index (χ0v) is 31.0. The molecule has 1 fully saturated rings. The summed E-state index contributed by atoms with van der Waals surface area (Å²) in [5.41, 5.74) is 7.22. The minimum absolute atomic E-state index is 0.0905. The quantitative estimate of drug-likeness (QED) is 0.182. The van der Waals surface area contributed by atoms with Crippen molar-refractivity contribution >= 4 is 17.6 Å². The number of hydrogen-bond donors (Lipinski definition) is 2. The fraction of sp³-hybridized carbons (Fsp3) is 0.439. The van der Waals surface area contributed by atoms with Crippen LogP contribution in [-0.2, 0) is 24.3 Å². The maximum absolute atomic E-state index is 13.7. The van der Waals surface area contributed by atoms with Crippen molar-refractivity contribution in [2.24, 2.45) is 5.41 Å². The van der Waals surface area contributed by atoms with Gasteiger partial charge < -0.3 is 24.4 Å². The van der Waals surface area contributed by atoms with Crippen LogP contribution in [0, 0.1) is 38.9 Å². The molecule has 1 amide bonds. The molecule has 0 atom stereocenters. The molecule has 3 heterocycles. The summed E-state index contributed by atoms with van der Waals surface area (Å²) in [5, 5.41) is 18.3. The Morgan fingerprint density at radius 1 is 0.920 bits per heavy atom. The van der Waals surface area contributed by atoms with E-state index in [1.165, 1.54) is 12.1 Å². The molecule has 0 bridgehead atoms. The molecule has 2 aromatic carbocycles. The summed E-state index contributed by atoms with van der Waals surface area (Å²) < 4.78 is 19.3. The molecule has 0 aliphatic carbocycles. The zero-order chi connectivity index (χ0) is 37.0. The summed E-state index contributed by atoms with van der Waals surface area (Å²) in [6, 6.07) is 16.0. The lowest BCUT2D eigenvalue weighted by Crippen LogP contribution is -2.38. The summed E-state index contributed by atoms with van der Waals surface area (Å²) in [6.45, 7) is 19.6. The number of rotatable bonds is 9. The second-order valence-electron chi connectivity index (χ2n) is 15.2. The number of aromatic nitrogens is 1. The van der Waals surface area contributed by atoms with Crippen molar-refractivity contribution < 1.29 is 28.6 Å². The highest BCUT2D eigenvalue weighted by Gasteiger charge is 2.30. The number of carbonyl (C=O) groups is 2. The van der Waals surface area contributed by atoms with E-state index in [0.717, 1.165) is 70.8 Å². The summed E-state index contributed by atoms with van der Waals surface area (Å²) in [4.78, 5) is 34.6. The van der Waals surface area contributed by atoms with E-state index in [1.54, 1.807) is 50.8 Å². The number of benzene rings is 2. The first kappa shape index (κ1) is 38.3. The van der Waals surface area contributed by atoms with Gasteiger partial charge in [0.15, 0.2) is 0 Å².